The van der Waals surface area contributed by atoms with Gasteiger partial charge in [0, 0.05) is 28.6 Å². The van der Waals surface area contributed by atoms with Gasteiger partial charge in [-0.15, -0.1) is 5.10 Å². The SMILES string of the molecule is O=C(c1ccc(Cl)cc1S[C@H]1O[C@H](CO)[C@H](O)[C@H](n2cc(-c3cc(F)c(Cl)c(F)c3)nn2)[C@H]1O)N1CCC1. The van der Waals surface area contributed by atoms with Gasteiger partial charge in [-0.25, -0.2) is 13.5 Å². The molecule has 0 radical (unpaired) electrons. The van der Waals surface area contributed by atoms with Crippen molar-refractivity contribution in [2.24, 2.45) is 0 Å². The fourth-order valence-electron chi connectivity index (χ4n) is 4.32. The van der Waals surface area contributed by atoms with Gasteiger partial charge in [-0.3, -0.25) is 4.79 Å². The molecule has 2 aliphatic heterocycles. The number of carbonyl (C=O) groups excluding carboxylic acids is 1. The summed E-state index contributed by atoms with van der Waals surface area (Å²) in [4.78, 5) is 15.1. The summed E-state index contributed by atoms with van der Waals surface area (Å²) in [6, 6.07) is 5.60. The third kappa shape index (κ3) is 5.14. The van der Waals surface area contributed by atoms with Crippen LogP contribution < -0.4 is 0 Å². The lowest BCUT2D eigenvalue weighted by Crippen LogP contribution is -2.55. The molecule has 14 heteroatoms. The Hall–Kier alpha value is -2.32. The minimum absolute atomic E-state index is 0.0457. The molecule has 0 unspecified atom stereocenters. The summed E-state index contributed by atoms with van der Waals surface area (Å²) in [5.41, 5.74) is -0.565. The van der Waals surface area contributed by atoms with E-state index in [0.29, 0.717) is 28.6 Å². The highest BCUT2D eigenvalue weighted by molar-refractivity contribution is 8.00. The van der Waals surface area contributed by atoms with Crippen LogP contribution in [0.3, 0.4) is 0 Å². The van der Waals surface area contributed by atoms with Crippen molar-refractivity contribution in [1.82, 2.24) is 19.9 Å². The largest absolute Gasteiger partial charge is 0.394 e. The first kappa shape index (κ1) is 27.3. The molecule has 0 spiro atoms. The normalized spacial score (nSPS) is 25.3. The van der Waals surface area contributed by atoms with Gasteiger partial charge in [0.1, 0.15) is 52.1 Å². The van der Waals surface area contributed by atoms with Crippen molar-refractivity contribution in [2.75, 3.05) is 19.7 Å². The highest BCUT2D eigenvalue weighted by atomic mass is 35.5. The van der Waals surface area contributed by atoms with Gasteiger partial charge in [-0.05, 0) is 36.8 Å². The third-order valence-electron chi connectivity index (χ3n) is 6.50. The average molecular weight is 587 g/mol. The summed E-state index contributed by atoms with van der Waals surface area (Å²) in [7, 11) is 0. The molecule has 3 heterocycles. The van der Waals surface area contributed by atoms with E-state index in [4.69, 9.17) is 27.9 Å². The summed E-state index contributed by atoms with van der Waals surface area (Å²) in [6.45, 7) is 0.710. The Morgan fingerprint density at radius 2 is 1.84 bits per heavy atom. The van der Waals surface area contributed by atoms with E-state index < -0.39 is 53.1 Å². The molecule has 3 aromatic rings. The molecular weight excluding hydrogens is 565 g/mol. The van der Waals surface area contributed by atoms with E-state index in [0.717, 1.165) is 35.0 Å². The minimum atomic E-state index is -1.42. The van der Waals surface area contributed by atoms with Crippen LogP contribution in [0.25, 0.3) is 11.3 Å². The molecule has 202 valence electrons. The van der Waals surface area contributed by atoms with Crippen LogP contribution in [0.1, 0.15) is 22.8 Å². The third-order valence-corrected chi connectivity index (χ3v) is 8.31. The van der Waals surface area contributed by atoms with Crippen molar-refractivity contribution in [3.05, 3.63) is 63.8 Å². The summed E-state index contributed by atoms with van der Waals surface area (Å²) < 4.78 is 34.9. The second-order valence-electron chi connectivity index (χ2n) is 8.94. The maximum absolute atomic E-state index is 14.0. The number of carbonyl (C=O) groups is 1. The predicted molar refractivity (Wildman–Crippen MR) is 135 cm³/mol. The average Bonchev–Trinajstić information content (AvgIpc) is 3.33. The predicted octanol–water partition coefficient (Wildman–Crippen LogP) is 3.15. The number of ether oxygens (including phenoxy) is 1. The van der Waals surface area contributed by atoms with Gasteiger partial charge in [0.15, 0.2) is 0 Å². The second-order valence-corrected chi connectivity index (χ2v) is 10.9. The van der Waals surface area contributed by atoms with Gasteiger partial charge in [0.05, 0.1) is 18.4 Å². The van der Waals surface area contributed by atoms with E-state index in [1.165, 1.54) is 6.20 Å². The first-order valence-electron chi connectivity index (χ1n) is 11.6. The number of hydrogen-bond donors (Lipinski definition) is 3. The second kappa shape index (κ2) is 11.0. The molecule has 2 saturated heterocycles. The number of aromatic nitrogens is 3. The van der Waals surface area contributed by atoms with Crippen LogP contribution in [-0.2, 0) is 4.74 Å². The van der Waals surface area contributed by atoms with Gasteiger partial charge < -0.3 is 25.0 Å². The van der Waals surface area contributed by atoms with Crippen LogP contribution in [0.15, 0.2) is 41.4 Å². The molecule has 0 bridgehead atoms. The van der Waals surface area contributed by atoms with Crippen LogP contribution in [0.2, 0.25) is 10.0 Å². The number of halogens is 4. The Balaban J connectivity index is 1.44. The van der Waals surface area contributed by atoms with Crippen LogP contribution >= 0.6 is 35.0 Å². The standard InChI is InChI=1S/C24H22Cl2F2N4O5S/c25-12-2-3-13(23(36)31-4-1-5-31)18(8-12)38-24-22(35)20(21(34)17(10-33)37-24)32-9-16(29-30-32)11-6-14(27)19(26)15(28)7-11/h2-3,6-9,17,20-22,24,33-35H,1,4-5,10H2/t17-,20+,21+,22-,24-/m1/s1. The zero-order chi connectivity index (χ0) is 27.1. The molecular formula is C24H22Cl2F2N4O5S. The van der Waals surface area contributed by atoms with Crippen molar-refractivity contribution in [3.63, 3.8) is 0 Å². The topological polar surface area (TPSA) is 121 Å². The minimum Gasteiger partial charge on any atom is -0.394 e. The van der Waals surface area contributed by atoms with Crippen molar-refractivity contribution in [2.45, 2.75) is 41.1 Å². The molecule has 5 rings (SSSR count). The number of thioether (sulfide) groups is 1. The highest BCUT2D eigenvalue weighted by Crippen LogP contribution is 2.40. The lowest BCUT2D eigenvalue weighted by Gasteiger charge is -2.42. The zero-order valence-electron chi connectivity index (χ0n) is 19.5. The Labute approximate surface area is 229 Å². The summed E-state index contributed by atoms with van der Waals surface area (Å²) >= 11 is 12.8. The number of rotatable bonds is 6. The van der Waals surface area contributed by atoms with Gasteiger partial charge in [-0.2, -0.15) is 0 Å². The Kier molecular flexibility index (Phi) is 7.92. The smallest absolute Gasteiger partial charge is 0.254 e. The number of nitrogens with zero attached hydrogens (tertiary/aromatic N) is 4. The molecule has 38 heavy (non-hydrogen) atoms. The van der Waals surface area contributed by atoms with Crippen molar-refractivity contribution in [3.8, 4) is 11.3 Å². The van der Waals surface area contributed by atoms with E-state index in [9.17, 15) is 28.9 Å². The Bertz CT molecular complexity index is 1340. The number of likely N-dealkylation sites (tertiary alicyclic amines) is 1. The first-order chi connectivity index (χ1) is 18.2. The molecule has 5 atom stereocenters. The Morgan fingerprint density at radius 1 is 1.13 bits per heavy atom. The number of hydrogen-bond acceptors (Lipinski definition) is 8. The molecule has 3 N–H and O–H groups in total. The number of aliphatic hydroxyl groups is 3. The van der Waals surface area contributed by atoms with E-state index >= 15 is 0 Å². The van der Waals surface area contributed by atoms with E-state index in [2.05, 4.69) is 10.3 Å². The number of benzene rings is 2. The molecule has 2 fully saturated rings. The summed E-state index contributed by atoms with van der Waals surface area (Å²) in [6.07, 6.45) is -1.72. The van der Waals surface area contributed by atoms with Gasteiger partial charge in [0.25, 0.3) is 5.91 Å². The number of aliphatic hydroxyl groups excluding tert-OH is 3. The van der Waals surface area contributed by atoms with Crippen molar-refractivity contribution >= 4 is 40.9 Å². The lowest BCUT2D eigenvalue weighted by molar-refractivity contribution is -0.178. The van der Waals surface area contributed by atoms with Crippen LogP contribution in [0.5, 0.6) is 0 Å². The van der Waals surface area contributed by atoms with E-state index in [1.807, 2.05) is 0 Å². The van der Waals surface area contributed by atoms with Gasteiger partial charge >= 0.3 is 0 Å². The van der Waals surface area contributed by atoms with Crippen LogP contribution in [0, 0.1) is 11.6 Å². The molecule has 9 nitrogen and oxygen atoms in total. The monoisotopic (exact) mass is 586 g/mol. The number of amides is 1. The zero-order valence-corrected chi connectivity index (χ0v) is 21.9. The maximum Gasteiger partial charge on any atom is 0.254 e. The molecule has 1 aromatic heterocycles. The van der Waals surface area contributed by atoms with Gasteiger partial charge in [0.2, 0.25) is 0 Å². The first-order valence-corrected chi connectivity index (χ1v) is 13.3. The van der Waals surface area contributed by atoms with Crippen LogP contribution in [0.4, 0.5) is 8.78 Å². The summed E-state index contributed by atoms with van der Waals surface area (Å²) in [5.74, 6) is -2.15. The van der Waals surface area contributed by atoms with Crippen molar-refractivity contribution < 1.29 is 33.6 Å². The maximum atomic E-state index is 14.0. The Morgan fingerprint density at radius 3 is 2.47 bits per heavy atom. The highest BCUT2D eigenvalue weighted by Gasteiger charge is 2.46. The lowest BCUT2D eigenvalue weighted by atomic mass is 9.97. The fourth-order valence-corrected chi connectivity index (χ4v) is 5.89. The molecule has 0 saturated carbocycles. The molecule has 2 aliphatic rings. The molecule has 1 amide bonds. The summed E-state index contributed by atoms with van der Waals surface area (Å²) in [5, 5.41) is 39.6. The molecule has 2 aromatic carbocycles. The van der Waals surface area contributed by atoms with E-state index in [-0.39, 0.29) is 17.2 Å². The van der Waals surface area contributed by atoms with Crippen molar-refractivity contribution in [1.29, 1.82) is 0 Å². The van der Waals surface area contributed by atoms with Crippen LogP contribution in [-0.4, -0.2) is 84.6 Å². The van der Waals surface area contributed by atoms with E-state index in [1.54, 1.807) is 23.1 Å². The van der Waals surface area contributed by atoms with Gasteiger partial charge in [-0.1, -0.05) is 40.2 Å². The molecule has 0 aliphatic carbocycles. The fraction of sp³-hybridized carbons (Fsp3) is 0.375. The quantitative estimate of drug-likeness (QED) is 0.377.